The molecular formula is C17H14FN3O3S. The van der Waals surface area contributed by atoms with Gasteiger partial charge in [0.15, 0.2) is 0 Å². The van der Waals surface area contributed by atoms with Gasteiger partial charge in [-0.1, -0.05) is 0 Å². The van der Waals surface area contributed by atoms with E-state index in [2.05, 4.69) is 10.3 Å². The number of aromatic nitrogens is 1. The van der Waals surface area contributed by atoms with Gasteiger partial charge in [0.25, 0.3) is 0 Å². The van der Waals surface area contributed by atoms with E-state index in [4.69, 9.17) is 0 Å². The highest BCUT2D eigenvalue weighted by Gasteiger charge is 2.29. The van der Waals surface area contributed by atoms with Gasteiger partial charge in [0, 0.05) is 35.9 Å². The zero-order valence-electron chi connectivity index (χ0n) is 13.2. The molecule has 0 radical (unpaired) electrons. The van der Waals surface area contributed by atoms with Gasteiger partial charge < -0.3 is 5.32 Å². The Hall–Kier alpha value is -2.61. The summed E-state index contributed by atoms with van der Waals surface area (Å²) >= 11 is 1.29. The molecule has 0 saturated carbocycles. The van der Waals surface area contributed by atoms with Crippen LogP contribution >= 0.6 is 11.3 Å². The van der Waals surface area contributed by atoms with Crippen molar-refractivity contribution in [3.8, 4) is 11.3 Å². The molecule has 0 unspecified atom stereocenters. The molecule has 0 aliphatic carbocycles. The molecule has 0 bridgehead atoms. The number of halogens is 1. The van der Waals surface area contributed by atoms with Gasteiger partial charge in [0.05, 0.1) is 12.2 Å². The summed E-state index contributed by atoms with van der Waals surface area (Å²) in [5.74, 6) is -0.975. The van der Waals surface area contributed by atoms with E-state index in [-0.39, 0.29) is 37.1 Å². The minimum Gasteiger partial charge on any atom is -0.326 e. The number of benzene rings is 1. The molecule has 128 valence electrons. The molecule has 1 N–H and O–H groups in total. The van der Waals surface area contributed by atoms with Gasteiger partial charge in [0.2, 0.25) is 17.7 Å². The van der Waals surface area contributed by atoms with Crippen LogP contribution in [0.4, 0.5) is 10.1 Å². The minimum atomic E-state index is -0.467. The van der Waals surface area contributed by atoms with Crippen LogP contribution in [0.3, 0.4) is 0 Å². The highest BCUT2D eigenvalue weighted by molar-refractivity contribution is 7.09. The number of fused-ring (bicyclic) bond motifs is 1. The average molecular weight is 359 g/mol. The molecule has 6 nitrogen and oxygen atoms in total. The van der Waals surface area contributed by atoms with Gasteiger partial charge in [-0.05, 0) is 24.1 Å². The molecular weight excluding hydrogens is 345 g/mol. The second kappa shape index (κ2) is 6.03. The SMILES string of the molecule is O=C1CCc2cc(-c3csc(CN4C(=O)CCC4=O)n3)c(F)cc2N1. The number of likely N-dealkylation sites (tertiary alicyclic amines) is 1. The van der Waals surface area contributed by atoms with Crippen LogP contribution in [-0.2, 0) is 27.3 Å². The highest BCUT2D eigenvalue weighted by atomic mass is 32.1. The number of hydrogen-bond donors (Lipinski definition) is 1. The molecule has 2 aliphatic rings. The summed E-state index contributed by atoms with van der Waals surface area (Å²) in [7, 11) is 0. The maximum Gasteiger partial charge on any atom is 0.230 e. The van der Waals surface area contributed by atoms with Gasteiger partial charge in [-0.25, -0.2) is 9.37 Å². The molecule has 3 heterocycles. The van der Waals surface area contributed by atoms with Crippen LogP contribution in [-0.4, -0.2) is 27.6 Å². The van der Waals surface area contributed by atoms with Crippen LogP contribution in [0.1, 0.15) is 29.8 Å². The van der Waals surface area contributed by atoms with Crippen molar-refractivity contribution >= 4 is 34.7 Å². The number of carbonyl (C=O) groups is 3. The Morgan fingerprint density at radius 3 is 2.64 bits per heavy atom. The number of thiazole rings is 1. The Morgan fingerprint density at radius 2 is 1.88 bits per heavy atom. The normalized spacial score (nSPS) is 17.0. The molecule has 2 aromatic rings. The van der Waals surface area contributed by atoms with Gasteiger partial charge in [-0.15, -0.1) is 11.3 Å². The van der Waals surface area contributed by atoms with E-state index in [0.717, 1.165) is 5.56 Å². The second-order valence-electron chi connectivity index (χ2n) is 6.04. The number of hydrogen-bond acceptors (Lipinski definition) is 5. The summed E-state index contributed by atoms with van der Waals surface area (Å²) in [6.07, 6.45) is 1.41. The third kappa shape index (κ3) is 2.93. The number of aryl methyl sites for hydroxylation is 1. The van der Waals surface area contributed by atoms with Crippen LogP contribution in [0.5, 0.6) is 0 Å². The largest absolute Gasteiger partial charge is 0.326 e. The van der Waals surface area contributed by atoms with E-state index in [1.807, 2.05) is 0 Å². The van der Waals surface area contributed by atoms with Gasteiger partial charge >= 0.3 is 0 Å². The Bertz CT molecular complexity index is 893. The number of carbonyl (C=O) groups excluding carboxylic acids is 3. The maximum absolute atomic E-state index is 14.4. The number of nitrogens with one attached hydrogen (secondary N) is 1. The van der Waals surface area contributed by atoms with Crippen LogP contribution in [0.2, 0.25) is 0 Å². The zero-order valence-corrected chi connectivity index (χ0v) is 14.0. The molecule has 1 aromatic heterocycles. The summed E-state index contributed by atoms with van der Waals surface area (Å²) in [4.78, 5) is 40.4. The summed E-state index contributed by atoms with van der Waals surface area (Å²) < 4.78 is 14.4. The molecule has 8 heteroatoms. The Morgan fingerprint density at radius 1 is 1.12 bits per heavy atom. The minimum absolute atomic E-state index is 0.115. The van der Waals surface area contributed by atoms with E-state index in [9.17, 15) is 18.8 Å². The van der Waals surface area contributed by atoms with Crippen molar-refractivity contribution in [2.75, 3.05) is 5.32 Å². The molecule has 1 fully saturated rings. The predicted molar refractivity (Wildman–Crippen MR) is 89.2 cm³/mol. The molecule has 1 saturated heterocycles. The number of rotatable bonds is 3. The van der Waals surface area contributed by atoms with E-state index < -0.39 is 5.82 Å². The third-order valence-corrected chi connectivity index (χ3v) is 5.20. The number of nitrogens with zero attached hydrogens (tertiary/aromatic N) is 2. The van der Waals surface area contributed by atoms with Crippen molar-refractivity contribution in [2.45, 2.75) is 32.2 Å². The van der Waals surface area contributed by atoms with Crippen molar-refractivity contribution in [1.29, 1.82) is 0 Å². The summed E-state index contributed by atoms with van der Waals surface area (Å²) in [5.41, 5.74) is 2.20. The summed E-state index contributed by atoms with van der Waals surface area (Å²) in [5, 5.41) is 4.97. The first kappa shape index (κ1) is 15.9. The standard InChI is InChI=1S/C17H14FN3O3S/c18-11-6-12-9(1-2-14(22)19-12)5-10(11)13-8-25-15(20-13)7-21-16(23)3-4-17(21)24/h5-6,8H,1-4,7H2,(H,19,22). The fourth-order valence-corrected chi connectivity index (χ4v) is 3.82. The van der Waals surface area contributed by atoms with Crippen LogP contribution in [0, 0.1) is 5.82 Å². The van der Waals surface area contributed by atoms with E-state index >= 15 is 0 Å². The topological polar surface area (TPSA) is 79.4 Å². The molecule has 2 aliphatic heterocycles. The molecule has 4 rings (SSSR count). The molecule has 0 atom stereocenters. The Kier molecular flexibility index (Phi) is 3.84. The van der Waals surface area contributed by atoms with Crippen molar-refractivity contribution in [3.05, 3.63) is 33.9 Å². The van der Waals surface area contributed by atoms with Gasteiger partial charge in [-0.2, -0.15) is 0 Å². The van der Waals surface area contributed by atoms with Crippen molar-refractivity contribution in [1.82, 2.24) is 9.88 Å². The van der Waals surface area contributed by atoms with Crippen molar-refractivity contribution < 1.29 is 18.8 Å². The van der Waals surface area contributed by atoms with Gasteiger partial charge in [-0.3, -0.25) is 19.3 Å². The average Bonchev–Trinajstić information content (AvgIpc) is 3.16. The lowest BCUT2D eigenvalue weighted by Gasteiger charge is -2.17. The second-order valence-corrected chi connectivity index (χ2v) is 6.98. The molecule has 25 heavy (non-hydrogen) atoms. The third-order valence-electron chi connectivity index (χ3n) is 4.36. The number of imide groups is 1. The Balaban J connectivity index is 1.61. The van der Waals surface area contributed by atoms with Crippen LogP contribution < -0.4 is 5.32 Å². The van der Waals surface area contributed by atoms with E-state index in [1.165, 1.54) is 22.3 Å². The van der Waals surface area contributed by atoms with Crippen LogP contribution in [0.25, 0.3) is 11.3 Å². The highest BCUT2D eigenvalue weighted by Crippen LogP contribution is 2.32. The molecule has 0 spiro atoms. The lowest BCUT2D eigenvalue weighted by Crippen LogP contribution is -2.28. The number of amides is 3. The maximum atomic E-state index is 14.4. The molecule has 3 amide bonds. The van der Waals surface area contributed by atoms with Crippen molar-refractivity contribution in [3.63, 3.8) is 0 Å². The lowest BCUT2D eigenvalue weighted by molar-refractivity contribution is -0.139. The first-order valence-electron chi connectivity index (χ1n) is 7.91. The zero-order chi connectivity index (χ0) is 17.6. The predicted octanol–water partition coefficient (Wildman–Crippen LogP) is 2.48. The number of anilines is 1. The quantitative estimate of drug-likeness (QED) is 0.854. The monoisotopic (exact) mass is 359 g/mol. The Labute approximate surface area is 146 Å². The smallest absolute Gasteiger partial charge is 0.230 e. The first-order chi connectivity index (χ1) is 12.0. The fourth-order valence-electron chi connectivity index (χ4n) is 3.04. The summed E-state index contributed by atoms with van der Waals surface area (Å²) in [6.45, 7) is 0.130. The van der Waals surface area contributed by atoms with Gasteiger partial charge in [0.1, 0.15) is 10.8 Å². The van der Waals surface area contributed by atoms with Crippen LogP contribution in [0.15, 0.2) is 17.5 Å². The van der Waals surface area contributed by atoms with E-state index in [1.54, 1.807) is 11.4 Å². The fraction of sp³-hybridized carbons (Fsp3) is 0.294. The van der Waals surface area contributed by atoms with Crippen molar-refractivity contribution in [2.24, 2.45) is 0 Å². The first-order valence-corrected chi connectivity index (χ1v) is 8.79. The van der Waals surface area contributed by atoms with E-state index in [0.29, 0.717) is 34.8 Å². The summed E-state index contributed by atoms with van der Waals surface area (Å²) in [6, 6.07) is 3.02. The molecule has 1 aromatic carbocycles. The lowest BCUT2D eigenvalue weighted by atomic mass is 9.99.